The second-order valence-electron chi connectivity index (χ2n) is 6.67. The van der Waals surface area contributed by atoms with Crippen LogP contribution in [0.4, 0.5) is 14.5 Å². The number of halogens is 2. The molecule has 0 heterocycles. The van der Waals surface area contributed by atoms with Gasteiger partial charge in [0.15, 0.2) is 11.6 Å². The third-order valence-electron chi connectivity index (χ3n) is 4.72. The molecule has 2 amide bonds. The maximum atomic E-state index is 13.6. The van der Waals surface area contributed by atoms with Crippen LogP contribution in [0.25, 0.3) is 0 Å². The van der Waals surface area contributed by atoms with Gasteiger partial charge in [-0.05, 0) is 55.3 Å². The summed E-state index contributed by atoms with van der Waals surface area (Å²) in [6, 6.07) is 9.06. The highest BCUT2D eigenvalue weighted by atomic mass is 19.2. The molecule has 0 fully saturated rings. The molecule has 0 spiro atoms. The Balaban J connectivity index is 2.18. The number of unbranched alkanes of at least 4 members (excludes halogenated alkanes) is 1. The van der Waals surface area contributed by atoms with Crippen LogP contribution in [-0.4, -0.2) is 32.0 Å². The van der Waals surface area contributed by atoms with Crippen molar-refractivity contribution in [1.29, 1.82) is 0 Å². The van der Waals surface area contributed by atoms with Gasteiger partial charge in [0, 0.05) is 31.4 Å². The van der Waals surface area contributed by atoms with E-state index in [2.05, 4.69) is 29.4 Å². The molecule has 0 aliphatic heterocycles. The molecule has 0 radical (unpaired) electrons. The molecule has 2 aromatic carbocycles. The molecule has 0 aromatic heterocycles. The average Bonchev–Trinajstić information content (AvgIpc) is 2.74. The molecular weight excluding hydrogens is 376 g/mol. The monoisotopic (exact) mass is 403 g/mol. The molecule has 1 unspecified atom stereocenters. The van der Waals surface area contributed by atoms with Gasteiger partial charge in [-0.2, -0.15) is 0 Å². The zero-order valence-corrected chi connectivity index (χ0v) is 17.0. The number of likely N-dealkylation sites (N-methyl/N-ethyl adjacent to an activating group) is 1. The Morgan fingerprint density at radius 1 is 1.03 bits per heavy atom. The van der Waals surface area contributed by atoms with Gasteiger partial charge in [-0.15, -0.1) is 0 Å². The molecular formula is C22H27F2N3O2. The van der Waals surface area contributed by atoms with E-state index in [-0.39, 0.29) is 5.56 Å². The lowest BCUT2D eigenvalue weighted by Crippen LogP contribution is -2.39. The van der Waals surface area contributed by atoms with Gasteiger partial charge in [-0.1, -0.05) is 19.4 Å². The lowest BCUT2D eigenvalue weighted by molar-refractivity contribution is -0.122. The predicted molar refractivity (Wildman–Crippen MR) is 110 cm³/mol. The van der Waals surface area contributed by atoms with E-state index in [1.54, 1.807) is 12.1 Å². The van der Waals surface area contributed by atoms with Gasteiger partial charge in [0.05, 0.1) is 0 Å². The molecule has 0 saturated carbocycles. The summed E-state index contributed by atoms with van der Waals surface area (Å²) in [5.41, 5.74) is 1.54. The predicted octanol–water partition coefficient (Wildman–Crippen LogP) is 3.81. The molecule has 2 aromatic rings. The molecule has 29 heavy (non-hydrogen) atoms. The lowest BCUT2D eigenvalue weighted by atomic mass is 10.0. The molecule has 156 valence electrons. The van der Waals surface area contributed by atoms with Gasteiger partial charge >= 0.3 is 0 Å². The first-order valence-corrected chi connectivity index (χ1v) is 9.73. The number of rotatable bonds is 9. The lowest BCUT2D eigenvalue weighted by Gasteiger charge is -2.23. The Hall–Kier alpha value is -2.96. The highest BCUT2D eigenvalue weighted by molar-refractivity contribution is 5.98. The number of anilines is 1. The fourth-order valence-corrected chi connectivity index (χ4v) is 2.99. The van der Waals surface area contributed by atoms with E-state index in [1.807, 2.05) is 12.1 Å². The van der Waals surface area contributed by atoms with Crippen molar-refractivity contribution < 1.29 is 18.4 Å². The number of hydrogen-bond acceptors (Lipinski definition) is 3. The molecule has 2 N–H and O–H groups in total. The SMILES string of the molecule is CCCCN(CC)c1ccc(C(=O)NC(C(=O)NC)c2ccc(F)c(F)c2)cc1. The first kappa shape index (κ1) is 22.3. The van der Waals surface area contributed by atoms with Crippen LogP contribution in [0.2, 0.25) is 0 Å². The minimum absolute atomic E-state index is 0.157. The van der Waals surface area contributed by atoms with Crippen molar-refractivity contribution in [2.45, 2.75) is 32.7 Å². The topological polar surface area (TPSA) is 61.4 Å². The summed E-state index contributed by atoms with van der Waals surface area (Å²) >= 11 is 0. The van der Waals surface area contributed by atoms with Crippen molar-refractivity contribution >= 4 is 17.5 Å². The number of nitrogens with zero attached hydrogens (tertiary/aromatic N) is 1. The van der Waals surface area contributed by atoms with Gasteiger partial charge in [0.2, 0.25) is 5.91 Å². The van der Waals surface area contributed by atoms with Crippen LogP contribution in [0.15, 0.2) is 42.5 Å². The molecule has 0 saturated heterocycles. The quantitative estimate of drug-likeness (QED) is 0.669. The Labute approximate surface area is 170 Å². The second kappa shape index (κ2) is 10.5. The van der Waals surface area contributed by atoms with Gasteiger partial charge in [-0.25, -0.2) is 8.78 Å². The van der Waals surface area contributed by atoms with Crippen molar-refractivity contribution in [3.8, 4) is 0 Å². The number of carbonyl (C=O) groups excluding carboxylic acids is 2. The van der Waals surface area contributed by atoms with E-state index in [4.69, 9.17) is 0 Å². The number of nitrogens with one attached hydrogen (secondary N) is 2. The fraction of sp³-hybridized carbons (Fsp3) is 0.364. The Bertz CT molecular complexity index is 840. The average molecular weight is 403 g/mol. The summed E-state index contributed by atoms with van der Waals surface area (Å²) < 4.78 is 26.8. The molecule has 0 aliphatic rings. The highest BCUT2D eigenvalue weighted by Crippen LogP contribution is 2.19. The normalized spacial score (nSPS) is 11.6. The summed E-state index contributed by atoms with van der Waals surface area (Å²) in [5.74, 6) is -3.11. The maximum Gasteiger partial charge on any atom is 0.252 e. The molecule has 2 rings (SSSR count). The Morgan fingerprint density at radius 2 is 1.72 bits per heavy atom. The van der Waals surface area contributed by atoms with Crippen molar-refractivity contribution in [3.63, 3.8) is 0 Å². The van der Waals surface area contributed by atoms with Gasteiger partial charge < -0.3 is 15.5 Å². The van der Waals surface area contributed by atoms with E-state index in [1.165, 1.54) is 13.1 Å². The first-order valence-electron chi connectivity index (χ1n) is 9.73. The first-order chi connectivity index (χ1) is 13.9. The molecule has 5 nitrogen and oxygen atoms in total. The summed E-state index contributed by atoms with van der Waals surface area (Å²) in [4.78, 5) is 27.1. The number of hydrogen-bond donors (Lipinski definition) is 2. The summed E-state index contributed by atoms with van der Waals surface area (Å²) in [6.07, 6.45) is 2.18. The van der Waals surface area contributed by atoms with E-state index in [9.17, 15) is 18.4 Å². The van der Waals surface area contributed by atoms with Gasteiger partial charge in [-0.3, -0.25) is 9.59 Å². The number of benzene rings is 2. The van der Waals surface area contributed by atoms with E-state index in [0.717, 1.165) is 43.8 Å². The summed E-state index contributed by atoms with van der Waals surface area (Å²) in [6.45, 7) is 6.01. The van der Waals surface area contributed by atoms with Crippen LogP contribution < -0.4 is 15.5 Å². The van der Waals surface area contributed by atoms with Crippen molar-refractivity contribution in [2.24, 2.45) is 0 Å². The minimum atomic E-state index is -1.14. The van der Waals surface area contributed by atoms with E-state index < -0.39 is 29.5 Å². The molecule has 0 bridgehead atoms. The summed E-state index contributed by atoms with van der Waals surface area (Å²) in [7, 11) is 1.41. The standard InChI is InChI=1S/C22H27F2N3O2/c1-4-6-13-27(5-2)17-10-7-15(8-11-17)21(28)26-20(22(29)25-3)16-9-12-18(23)19(24)14-16/h7-12,14,20H,4-6,13H2,1-3H3,(H,25,29)(H,26,28). The maximum absolute atomic E-state index is 13.6. The third kappa shape index (κ3) is 5.76. The van der Waals surface area contributed by atoms with E-state index in [0.29, 0.717) is 5.56 Å². The number of amides is 2. The molecule has 7 heteroatoms. The Kier molecular flexibility index (Phi) is 8.12. The largest absolute Gasteiger partial charge is 0.372 e. The van der Waals surface area contributed by atoms with Crippen molar-refractivity contribution in [1.82, 2.24) is 10.6 Å². The molecule has 1 atom stereocenters. The van der Waals surface area contributed by atoms with Crippen LogP contribution in [-0.2, 0) is 4.79 Å². The number of carbonyl (C=O) groups is 2. The summed E-state index contributed by atoms with van der Waals surface area (Å²) in [5, 5.41) is 5.02. The van der Waals surface area contributed by atoms with Crippen LogP contribution in [0.1, 0.15) is 48.7 Å². The fourth-order valence-electron chi connectivity index (χ4n) is 2.99. The van der Waals surface area contributed by atoms with Gasteiger partial charge in [0.25, 0.3) is 5.91 Å². The van der Waals surface area contributed by atoms with Crippen molar-refractivity contribution in [3.05, 3.63) is 65.2 Å². The Morgan fingerprint density at radius 3 is 2.28 bits per heavy atom. The van der Waals surface area contributed by atoms with Crippen LogP contribution in [0, 0.1) is 11.6 Å². The zero-order valence-electron chi connectivity index (χ0n) is 17.0. The third-order valence-corrected chi connectivity index (χ3v) is 4.72. The highest BCUT2D eigenvalue weighted by Gasteiger charge is 2.23. The van der Waals surface area contributed by atoms with E-state index >= 15 is 0 Å². The van der Waals surface area contributed by atoms with Gasteiger partial charge in [0.1, 0.15) is 6.04 Å². The minimum Gasteiger partial charge on any atom is -0.372 e. The van der Waals surface area contributed by atoms with Crippen LogP contribution in [0.3, 0.4) is 0 Å². The van der Waals surface area contributed by atoms with Crippen LogP contribution in [0.5, 0.6) is 0 Å². The van der Waals surface area contributed by atoms with Crippen LogP contribution >= 0.6 is 0 Å². The second-order valence-corrected chi connectivity index (χ2v) is 6.67. The van der Waals surface area contributed by atoms with Crippen molar-refractivity contribution in [2.75, 3.05) is 25.0 Å². The zero-order chi connectivity index (χ0) is 21.4. The molecule has 0 aliphatic carbocycles. The smallest absolute Gasteiger partial charge is 0.252 e.